The van der Waals surface area contributed by atoms with Gasteiger partial charge in [0.15, 0.2) is 11.7 Å². The Balaban J connectivity index is 1.95. The third-order valence-electron chi connectivity index (χ3n) is 5.73. The lowest BCUT2D eigenvalue weighted by molar-refractivity contribution is -0.214. The van der Waals surface area contributed by atoms with Crippen molar-refractivity contribution in [2.75, 3.05) is 19.8 Å². The minimum Gasteiger partial charge on any atom is -0.459 e. The molecule has 10 nitrogen and oxygen atoms in total. The Hall–Kier alpha value is -3.76. The molecule has 0 bridgehead atoms. The predicted molar refractivity (Wildman–Crippen MR) is 133 cm³/mol. The molecule has 38 heavy (non-hydrogen) atoms. The second-order valence-electron chi connectivity index (χ2n) is 8.76. The number of benzene rings is 2. The van der Waals surface area contributed by atoms with Gasteiger partial charge >= 0.3 is 23.9 Å². The van der Waals surface area contributed by atoms with E-state index in [9.17, 15) is 19.2 Å². The minimum atomic E-state index is -1.66. The van der Waals surface area contributed by atoms with Crippen LogP contribution in [0.4, 0.5) is 0 Å². The van der Waals surface area contributed by atoms with Crippen LogP contribution in [0.25, 0.3) is 0 Å². The van der Waals surface area contributed by atoms with E-state index in [0.717, 1.165) is 6.42 Å². The molecule has 0 aromatic heterocycles. The lowest BCUT2D eigenvalue weighted by Crippen LogP contribution is -2.53. The first kappa shape index (κ1) is 28.8. The smallest absolute Gasteiger partial charge is 0.338 e. The summed E-state index contributed by atoms with van der Waals surface area (Å²) < 4.78 is 34.1. The number of carbonyl (C=O) groups is 4. The summed E-state index contributed by atoms with van der Waals surface area (Å²) in [4.78, 5) is 49.4. The lowest BCUT2D eigenvalue weighted by Gasteiger charge is -2.33. The van der Waals surface area contributed by atoms with E-state index in [2.05, 4.69) is 0 Å². The van der Waals surface area contributed by atoms with Crippen LogP contribution in [0.2, 0.25) is 0 Å². The van der Waals surface area contributed by atoms with E-state index < -0.39 is 61.2 Å². The van der Waals surface area contributed by atoms with E-state index in [4.69, 9.17) is 28.4 Å². The maximum Gasteiger partial charge on any atom is 0.338 e. The highest BCUT2D eigenvalue weighted by Gasteiger charge is 2.61. The SMILES string of the molecule is CCCCOC1C(OC(C)=O)[C@H](OC(C)=O)OC1(COC(=O)c1ccccc1)COC(=O)c1ccccc1. The van der Waals surface area contributed by atoms with Gasteiger partial charge in [-0.2, -0.15) is 0 Å². The first-order valence-electron chi connectivity index (χ1n) is 12.3. The molecule has 0 spiro atoms. The highest BCUT2D eigenvalue weighted by molar-refractivity contribution is 5.90. The van der Waals surface area contributed by atoms with Crippen molar-refractivity contribution in [1.82, 2.24) is 0 Å². The van der Waals surface area contributed by atoms with Crippen LogP contribution in [-0.2, 0) is 38.0 Å². The van der Waals surface area contributed by atoms with Crippen LogP contribution in [0.1, 0.15) is 54.3 Å². The maximum atomic E-state index is 12.8. The summed E-state index contributed by atoms with van der Waals surface area (Å²) in [6, 6.07) is 16.6. The van der Waals surface area contributed by atoms with Crippen molar-refractivity contribution in [3.63, 3.8) is 0 Å². The molecule has 1 heterocycles. The normalized spacial score (nSPS) is 19.8. The van der Waals surface area contributed by atoms with Gasteiger partial charge in [-0.25, -0.2) is 9.59 Å². The van der Waals surface area contributed by atoms with Crippen molar-refractivity contribution >= 4 is 23.9 Å². The van der Waals surface area contributed by atoms with Crippen LogP contribution in [-0.4, -0.2) is 67.8 Å². The molecular formula is C28H32O10. The standard InChI is InChI=1S/C28H32O10/c1-4-5-16-33-24-23(36-19(2)29)27(37-20(3)30)38-28(24,17-34-25(31)21-12-8-6-9-13-21)18-35-26(32)22-14-10-7-11-15-22/h6-15,23-24,27H,4-5,16-18H2,1-3H3/t23?,24?,27-/m1/s1. The van der Waals surface area contributed by atoms with Gasteiger partial charge in [0.1, 0.15) is 19.3 Å². The van der Waals surface area contributed by atoms with Crippen LogP contribution in [0, 0.1) is 0 Å². The van der Waals surface area contributed by atoms with Crippen molar-refractivity contribution in [1.29, 1.82) is 0 Å². The average molecular weight is 529 g/mol. The third kappa shape index (κ3) is 7.62. The summed E-state index contributed by atoms with van der Waals surface area (Å²) in [7, 11) is 0. The molecule has 2 aromatic carbocycles. The molecule has 0 saturated carbocycles. The van der Waals surface area contributed by atoms with Crippen LogP contribution in [0.3, 0.4) is 0 Å². The maximum absolute atomic E-state index is 12.8. The Kier molecular flexibility index (Phi) is 10.4. The summed E-state index contributed by atoms with van der Waals surface area (Å²) in [6.45, 7) is 3.67. The van der Waals surface area contributed by atoms with Gasteiger partial charge in [-0.05, 0) is 30.7 Å². The second-order valence-corrected chi connectivity index (χ2v) is 8.76. The number of ether oxygens (including phenoxy) is 6. The molecule has 1 aliphatic rings. The molecule has 0 aliphatic carbocycles. The minimum absolute atomic E-state index is 0.232. The van der Waals surface area contributed by atoms with E-state index in [0.29, 0.717) is 17.5 Å². The van der Waals surface area contributed by atoms with Gasteiger partial charge in [0.25, 0.3) is 0 Å². The van der Waals surface area contributed by atoms with Gasteiger partial charge < -0.3 is 28.4 Å². The summed E-state index contributed by atoms with van der Waals surface area (Å²) in [5, 5.41) is 0. The fraction of sp³-hybridized carbons (Fsp3) is 0.429. The molecule has 3 rings (SSSR count). The molecule has 0 amide bonds. The van der Waals surface area contributed by atoms with E-state index in [1.165, 1.54) is 13.8 Å². The van der Waals surface area contributed by atoms with Gasteiger partial charge in [-0.3, -0.25) is 9.59 Å². The van der Waals surface area contributed by atoms with Crippen LogP contribution in [0.5, 0.6) is 0 Å². The zero-order valence-corrected chi connectivity index (χ0v) is 21.6. The third-order valence-corrected chi connectivity index (χ3v) is 5.73. The van der Waals surface area contributed by atoms with Gasteiger partial charge in [0.05, 0.1) is 11.1 Å². The topological polar surface area (TPSA) is 124 Å². The van der Waals surface area contributed by atoms with Gasteiger partial charge in [0, 0.05) is 20.5 Å². The number of rotatable bonds is 12. The summed E-state index contributed by atoms with van der Waals surface area (Å²) in [6.07, 6.45) is -2.24. The summed E-state index contributed by atoms with van der Waals surface area (Å²) in [5.41, 5.74) is -1.08. The molecule has 0 radical (unpaired) electrons. The highest BCUT2D eigenvalue weighted by Crippen LogP contribution is 2.38. The number of esters is 4. The largest absolute Gasteiger partial charge is 0.459 e. The summed E-state index contributed by atoms with van der Waals surface area (Å²) >= 11 is 0. The number of hydrogen-bond donors (Lipinski definition) is 0. The molecule has 1 fully saturated rings. The molecule has 1 saturated heterocycles. The zero-order valence-electron chi connectivity index (χ0n) is 21.6. The number of carbonyl (C=O) groups excluding carboxylic acids is 4. The van der Waals surface area contributed by atoms with E-state index in [1.807, 2.05) is 6.92 Å². The predicted octanol–water partition coefficient (Wildman–Crippen LogP) is 3.48. The summed E-state index contributed by atoms with van der Waals surface area (Å²) in [5.74, 6) is -2.68. The Labute approximate surface area is 221 Å². The van der Waals surface area contributed by atoms with Crippen molar-refractivity contribution in [3.05, 3.63) is 71.8 Å². The molecule has 2 aromatic rings. The molecular weight excluding hydrogens is 496 g/mol. The number of hydrogen-bond acceptors (Lipinski definition) is 10. The van der Waals surface area contributed by atoms with Crippen LogP contribution >= 0.6 is 0 Å². The Morgan fingerprint density at radius 1 is 0.789 bits per heavy atom. The highest BCUT2D eigenvalue weighted by atomic mass is 16.8. The Morgan fingerprint density at radius 3 is 1.74 bits per heavy atom. The van der Waals surface area contributed by atoms with E-state index in [-0.39, 0.29) is 6.61 Å². The lowest BCUT2D eigenvalue weighted by atomic mass is 9.96. The Bertz CT molecular complexity index is 1030. The number of unbranched alkanes of at least 4 members (excludes halogenated alkanes) is 1. The van der Waals surface area contributed by atoms with Crippen molar-refractivity contribution in [2.24, 2.45) is 0 Å². The molecule has 10 heteroatoms. The fourth-order valence-electron chi connectivity index (χ4n) is 3.94. The molecule has 0 N–H and O–H groups in total. The monoisotopic (exact) mass is 528 g/mol. The zero-order chi connectivity index (χ0) is 27.5. The molecule has 3 atom stereocenters. The first-order chi connectivity index (χ1) is 18.3. The second kappa shape index (κ2) is 13.7. The molecule has 2 unspecified atom stereocenters. The van der Waals surface area contributed by atoms with E-state index in [1.54, 1.807) is 60.7 Å². The van der Waals surface area contributed by atoms with Gasteiger partial charge in [-0.1, -0.05) is 49.7 Å². The molecule has 1 aliphatic heterocycles. The molecule has 204 valence electrons. The van der Waals surface area contributed by atoms with Crippen molar-refractivity contribution in [2.45, 2.75) is 57.7 Å². The van der Waals surface area contributed by atoms with Crippen LogP contribution < -0.4 is 0 Å². The van der Waals surface area contributed by atoms with Gasteiger partial charge in [0.2, 0.25) is 6.29 Å². The first-order valence-corrected chi connectivity index (χ1v) is 12.3. The van der Waals surface area contributed by atoms with Crippen LogP contribution in [0.15, 0.2) is 60.7 Å². The van der Waals surface area contributed by atoms with Gasteiger partial charge in [-0.15, -0.1) is 0 Å². The Morgan fingerprint density at radius 2 is 1.29 bits per heavy atom. The van der Waals surface area contributed by atoms with Crippen molar-refractivity contribution < 1.29 is 47.6 Å². The quantitative estimate of drug-likeness (QED) is 0.230. The van der Waals surface area contributed by atoms with E-state index >= 15 is 0 Å². The average Bonchev–Trinajstić information content (AvgIpc) is 3.18. The van der Waals surface area contributed by atoms with Crippen molar-refractivity contribution in [3.8, 4) is 0 Å². The fourth-order valence-corrected chi connectivity index (χ4v) is 3.94.